The van der Waals surface area contributed by atoms with Gasteiger partial charge in [0.25, 0.3) is 0 Å². The number of hydrogen-bond acceptors (Lipinski definition) is 5. The summed E-state index contributed by atoms with van der Waals surface area (Å²) < 4.78 is 7.28. The maximum absolute atomic E-state index is 6.09. The van der Waals surface area contributed by atoms with Crippen molar-refractivity contribution in [3.05, 3.63) is 6.33 Å². The average molecular weight is 273 g/mol. The molecular formula is C14H19N5O. The summed E-state index contributed by atoms with van der Waals surface area (Å²) in [4.78, 5) is 12.8. The van der Waals surface area contributed by atoms with Crippen LogP contribution in [0.25, 0.3) is 11.2 Å². The average Bonchev–Trinajstić information content (AvgIpc) is 3.34. The lowest BCUT2D eigenvalue weighted by atomic mass is 9.98. The molecule has 2 N–H and O–H groups in total. The van der Waals surface area contributed by atoms with Crippen LogP contribution in [0.15, 0.2) is 6.33 Å². The Morgan fingerprint density at radius 3 is 2.60 bits per heavy atom. The topological polar surface area (TPSA) is 78.8 Å². The molecule has 0 radical (unpaired) electrons. The lowest BCUT2D eigenvalue weighted by Crippen LogP contribution is -2.16. The normalized spacial score (nSPS) is 18.9. The number of aromatic nitrogens is 4. The van der Waals surface area contributed by atoms with E-state index in [1.807, 2.05) is 4.57 Å². The molecule has 2 aromatic heterocycles. The van der Waals surface area contributed by atoms with Crippen LogP contribution in [0.4, 0.5) is 5.95 Å². The molecule has 6 nitrogen and oxygen atoms in total. The van der Waals surface area contributed by atoms with Gasteiger partial charge in [-0.05, 0) is 43.4 Å². The van der Waals surface area contributed by atoms with Crippen molar-refractivity contribution in [2.24, 2.45) is 17.8 Å². The predicted molar refractivity (Wildman–Crippen MR) is 75.2 cm³/mol. The Morgan fingerprint density at radius 2 is 2.00 bits per heavy atom. The number of anilines is 1. The van der Waals surface area contributed by atoms with Crippen LogP contribution in [0.3, 0.4) is 0 Å². The standard InChI is InChI=1S/C14H19N5O/c1-20-13-11-12(16-7-17-13)19(14(15)18-11)6-10(8-2-3-8)9-4-5-9/h7-10H,2-6H2,1H3,(H2,15,18). The molecule has 6 heteroatoms. The maximum Gasteiger partial charge on any atom is 0.245 e. The lowest BCUT2D eigenvalue weighted by Gasteiger charge is -2.17. The highest BCUT2D eigenvalue weighted by Gasteiger charge is 2.41. The van der Waals surface area contributed by atoms with Crippen molar-refractivity contribution in [3.63, 3.8) is 0 Å². The molecule has 2 heterocycles. The molecule has 2 fully saturated rings. The zero-order valence-electron chi connectivity index (χ0n) is 11.6. The number of imidazole rings is 1. The Bertz CT molecular complexity index is 632. The molecule has 2 aliphatic rings. The van der Waals surface area contributed by atoms with Crippen LogP contribution >= 0.6 is 0 Å². The van der Waals surface area contributed by atoms with Crippen LogP contribution in [0.2, 0.25) is 0 Å². The second-order valence-electron chi connectivity index (χ2n) is 5.97. The van der Waals surface area contributed by atoms with Crippen molar-refractivity contribution < 1.29 is 4.74 Å². The van der Waals surface area contributed by atoms with Crippen LogP contribution < -0.4 is 10.5 Å². The summed E-state index contributed by atoms with van der Waals surface area (Å²) in [6.07, 6.45) is 6.98. The van der Waals surface area contributed by atoms with Crippen LogP contribution in [0, 0.1) is 17.8 Å². The largest absolute Gasteiger partial charge is 0.479 e. The Morgan fingerprint density at radius 1 is 1.30 bits per heavy atom. The number of nitrogen functional groups attached to an aromatic ring is 1. The number of fused-ring (bicyclic) bond motifs is 1. The van der Waals surface area contributed by atoms with E-state index in [0.717, 1.165) is 29.9 Å². The first-order valence-corrected chi connectivity index (χ1v) is 7.28. The molecular weight excluding hydrogens is 254 g/mol. The zero-order valence-corrected chi connectivity index (χ0v) is 11.6. The summed E-state index contributed by atoms with van der Waals surface area (Å²) in [5, 5.41) is 0. The first kappa shape index (κ1) is 11.9. The Hall–Kier alpha value is -1.85. The van der Waals surface area contributed by atoms with Gasteiger partial charge in [0, 0.05) is 6.54 Å². The number of rotatable bonds is 5. The van der Waals surface area contributed by atoms with E-state index in [1.54, 1.807) is 7.11 Å². The van der Waals surface area contributed by atoms with Gasteiger partial charge in [0.2, 0.25) is 11.8 Å². The number of hydrogen-bond donors (Lipinski definition) is 1. The molecule has 2 aliphatic carbocycles. The number of nitrogens with zero attached hydrogens (tertiary/aromatic N) is 4. The minimum atomic E-state index is 0.495. The molecule has 0 amide bonds. The third kappa shape index (κ3) is 1.90. The molecule has 2 aromatic rings. The second kappa shape index (κ2) is 4.33. The number of nitrogens with two attached hydrogens (primary N) is 1. The minimum Gasteiger partial charge on any atom is -0.479 e. The third-order valence-electron chi connectivity index (χ3n) is 4.57. The first-order chi connectivity index (χ1) is 9.78. The highest BCUT2D eigenvalue weighted by molar-refractivity contribution is 5.78. The van der Waals surface area contributed by atoms with E-state index >= 15 is 0 Å². The summed E-state index contributed by atoms with van der Waals surface area (Å²) in [6, 6.07) is 0. The lowest BCUT2D eigenvalue weighted by molar-refractivity contribution is 0.354. The van der Waals surface area contributed by atoms with Crippen LogP contribution in [0.1, 0.15) is 25.7 Å². The van der Waals surface area contributed by atoms with E-state index in [0.29, 0.717) is 17.3 Å². The highest BCUT2D eigenvalue weighted by atomic mass is 16.5. The van der Waals surface area contributed by atoms with E-state index in [2.05, 4.69) is 15.0 Å². The van der Waals surface area contributed by atoms with Gasteiger partial charge >= 0.3 is 0 Å². The molecule has 0 aromatic carbocycles. The number of ether oxygens (including phenoxy) is 1. The summed E-state index contributed by atoms with van der Waals surface area (Å²) in [6.45, 7) is 0.928. The molecule has 2 saturated carbocycles. The third-order valence-corrected chi connectivity index (χ3v) is 4.57. The Labute approximate surface area is 117 Å². The van der Waals surface area contributed by atoms with Crippen molar-refractivity contribution in [1.82, 2.24) is 19.5 Å². The van der Waals surface area contributed by atoms with Crippen LogP contribution in [-0.4, -0.2) is 26.6 Å². The van der Waals surface area contributed by atoms with Crippen molar-refractivity contribution >= 4 is 17.1 Å². The van der Waals surface area contributed by atoms with Gasteiger partial charge in [-0.2, -0.15) is 4.98 Å². The van der Waals surface area contributed by atoms with Crippen molar-refractivity contribution in [2.75, 3.05) is 12.8 Å². The van der Waals surface area contributed by atoms with Gasteiger partial charge in [0.15, 0.2) is 11.2 Å². The maximum atomic E-state index is 6.09. The van der Waals surface area contributed by atoms with E-state index in [9.17, 15) is 0 Å². The zero-order chi connectivity index (χ0) is 13.7. The highest BCUT2D eigenvalue weighted by Crippen LogP contribution is 2.50. The first-order valence-electron chi connectivity index (χ1n) is 7.28. The number of methoxy groups -OCH3 is 1. The van der Waals surface area contributed by atoms with Gasteiger partial charge in [-0.25, -0.2) is 9.97 Å². The SMILES string of the molecule is COc1ncnc2c1nc(N)n2CC(C1CC1)C1CC1. The minimum absolute atomic E-state index is 0.495. The molecule has 20 heavy (non-hydrogen) atoms. The van der Waals surface area contributed by atoms with Gasteiger partial charge < -0.3 is 10.5 Å². The fraction of sp³-hybridized carbons (Fsp3) is 0.643. The van der Waals surface area contributed by atoms with E-state index in [1.165, 1.54) is 32.0 Å². The van der Waals surface area contributed by atoms with Crippen molar-refractivity contribution in [3.8, 4) is 5.88 Å². The fourth-order valence-corrected chi connectivity index (χ4v) is 3.20. The molecule has 0 bridgehead atoms. The Balaban J connectivity index is 1.73. The summed E-state index contributed by atoms with van der Waals surface area (Å²) in [7, 11) is 1.59. The van der Waals surface area contributed by atoms with Crippen LogP contribution in [-0.2, 0) is 6.54 Å². The van der Waals surface area contributed by atoms with Crippen LogP contribution in [0.5, 0.6) is 5.88 Å². The monoisotopic (exact) mass is 273 g/mol. The van der Waals surface area contributed by atoms with Gasteiger partial charge in [-0.3, -0.25) is 4.57 Å². The van der Waals surface area contributed by atoms with E-state index in [4.69, 9.17) is 10.5 Å². The summed E-state index contributed by atoms with van der Waals surface area (Å²) in [5.74, 6) is 3.50. The molecule has 4 rings (SSSR count). The molecule has 0 unspecified atom stereocenters. The quantitative estimate of drug-likeness (QED) is 0.899. The summed E-state index contributed by atoms with van der Waals surface area (Å²) >= 11 is 0. The second-order valence-corrected chi connectivity index (χ2v) is 5.97. The predicted octanol–water partition coefficient (Wildman–Crippen LogP) is 1.85. The summed E-state index contributed by atoms with van der Waals surface area (Å²) in [5.41, 5.74) is 7.55. The van der Waals surface area contributed by atoms with Gasteiger partial charge in [0.05, 0.1) is 7.11 Å². The van der Waals surface area contributed by atoms with Crippen molar-refractivity contribution in [2.45, 2.75) is 32.2 Å². The molecule has 0 spiro atoms. The van der Waals surface area contributed by atoms with Gasteiger partial charge in [-0.15, -0.1) is 0 Å². The fourth-order valence-electron chi connectivity index (χ4n) is 3.20. The molecule has 106 valence electrons. The molecule has 0 aliphatic heterocycles. The van der Waals surface area contributed by atoms with Gasteiger partial charge in [0.1, 0.15) is 6.33 Å². The van der Waals surface area contributed by atoms with E-state index < -0.39 is 0 Å². The van der Waals surface area contributed by atoms with Crippen molar-refractivity contribution in [1.29, 1.82) is 0 Å². The molecule has 0 saturated heterocycles. The molecule has 0 atom stereocenters. The Kier molecular flexibility index (Phi) is 2.58. The van der Waals surface area contributed by atoms with E-state index in [-0.39, 0.29) is 0 Å². The smallest absolute Gasteiger partial charge is 0.245 e. The van der Waals surface area contributed by atoms with Gasteiger partial charge in [-0.1, -0.05) is 0 Å².